The number of ether oxygens (including phenoxy) is 1. The Bertz CT molecular complexity index is 536. The topological polar surface area (TPSA) is 62.4 Å². The maximum absolute atomic E-state index is 11.2. The van der Waals surface area contributed by atoms with Gasteiger partial charge in [0.15, 0.2) is 0 Å². The van der Waals surface area contributed by atoms with Crippen molar-refractivity contribution in [3.05, 3.63) is 28.8 Å². The highest BCUT2D eigenvalue weighted by Gasteiger charge is 2.21. The molecule has 1 aliphatic heterocycles. The van der Waals surface area contributed by atoms with Crippen molar-refractivity contribution in [2.24, 2.45) is 0 Å². The summed E-state index contributed by atoms with van der Waals surface area (Å²) in [7, 11) is 0. The average molecular weight is 319 g/mol. The van der Waals surface area contributed by atoms with Crippen LogP contribution in [0.15, 0.2) is 12.1 Å². The van der Waals surface area contributed by atoms with E-state index >= 15 is 0 Å². The van der Waals surface area contributed by atoms with Gasteiger partial charge in [0.25, 0.3) is 0 Å². The van der Waals surface area contributed by atoms with Crippen molar-refractivity contribution in [2.75, 3.05) is 0 Å². The zero-order valence-corrected chi connectivity index (χ0v) is 14.8. The lowest BCUT2D eigenvalue weighted by Gasteiger charge is -2.19. The average Bonchev–Trinajstić information content (AvgIpc) is 2.85. The van der Waals surface area contributed by atoms with E-state index in [1.165, 1.54) is 18.9 Å². The van der Waals surface area contributed by atoms with Crippen LogP contribution >= 0.6 is 0 Å². The van der Waals surface area contributed by atoms with E-state index < -0.39 is 0 Å². The molecule has 5 heteroatoms. The van der Waals surface area contributed by atoms with Gasteiger partial charge in [0.2, 0.25) is 0 Å². The fourth-order valence-corrected chi connectivity index (χ4v) is 3.21. The molecule has 0 amide bonds. The zero-order chi connectivity index (χ0) is 17.0. The SMILES string of the molecule is CC(=O)Oc1c(C)cc(CNC(C)CC2CC(C)NN2)cc1C. The Balaban J connectivity index is 1.89. The Morgan fingerprint density at radius 2 is 2.00 bits per heavy atom. The van der Waals surface area contributed by atoms with Crippen LogP contribution in [0.1, 0.15) is 50.3 Å². The third-order valence-corrected chi connectivity index (χ3v) is 4.23. The maximum atomic E-state index is 11.2. The molecule has 5 nitrogen and oxygen atoms in total. The standard InChI is InChI=1S/C18H29N3O2/c1-11-6-16(7-12(2)18(11)23-15(5)22)10-19-13(3)8-17-9-14(4)20-21-17/h6-7,13-14,17,19-21H,8-10H2,1-5H3. The number of benzene rings is 1. The van der Waals surface area contributed by atoms with Crippen LogP contribution in [-0.4, -0.2) is 24.1 Å². The van der Waals surface area contributed by atoms with Crippen molar-refractivity contribution in [3.8, 4) is 5.75 Å². The molecule has 1 heterocycles. The Kier molecular flexibility index (Phi) is 6.16. The quantitative estimate of drug-likeness (QED) is 0.555. The lowest BCUT2D eigenvalue weighted by Crippen LogP contribution is -2.37. The monoisotopic (exact) mass is 319 g/mol. The van der Waals surface area contributed by atoms with Gasteiger partial charge < -0.3 is 10.1 Å². The smallest absolute Gasteiger partial charge is 0.308 e. The van der Waals surface area contributed by atoms with E-state index in [4.69, 9.17) is 4.74 Å². The molecule has 1 aliphatic rings. The van der Waals surface area contributed by atoms with Gasteiger partial charge in [-0.2, -0.15) is 0 Å². The van der Waals surface area contributed by atoms with Gasteiger partial charge in [-0.25, -0.2) is 0 Å². The van der Waals surface area contributed by atoms with Gasteiger partial charge in [-0.05, 0) is 57.2 Å². The van der Waals surface area contributed by atoms with Gasteiger partial charge in [0.05, 0.1) is 0 Å². The lowest BCUT2D eigenvalue weighted by atomic mass is 10.0. The van der Waals surface area contributed by atoms with E-state index in [1.807, 2.05) is 13.8 Å². The largest absolute Gasteiger partial charge is 0.426 e. The summed E-state index contributed by atoms with van der Waals surface area (Å²) < 4.78 is 5.28. The molecule has 0 aromatic heterocycles. The number of carbonyl (C=O) groups excluding carboxylic acids is 1. The summed E-state index contributed by atoms with van der Waals surface area (Å²) >= 11 is 0. The first kappa shape index (κ1) is 17.9. The molecule has 0 radical (unpaired) electrons. The number of hydrogen-bond acceptors (Lipinski definition) is 5. The van der Waals surface area contributed by atoms with Crippen LogP contribution in [0.3, 0.4) is 0 Å². The lowest BCUT2D eigenvalue weighted by molar-refractivity contribution is -0.131. The third-order valence-electron chi connectivity index (χ3n) is 4.23. The third kappa shape index (κ3) is 5.30. The predicted octanol–water partition coefficient (Wildman–Crippen LogP) is 2.35. The Morgan fingerprint density at radius 1 is 1.35 bits per heavy atom. The molecule has 1 saturated heterocycles. The fourth-order valence-electron chi connectivity index (χ4n) is 3.21. The van der Waals surface area contributed by atoms with E-state index in [-0.39, 0.29) is 5.97 Å². The first-order chi connectivity index (χ1) is 10.8. The Hall–Kier alpha value is -1.43. The van der Waals surface area contributed by atoms with Crippen LogP contribution in [0.4, 0.5) is 0 Å². The van der Waals surface area contributed by atoms with Crippen LogP contribution in [0.5, 0.6) is 5.75 Å². The second kappa shape index (κ2) is 7.90. The number of nitrogens with one attached hydrogen (secondary N) is 3. The van der Waals surface area contributed by atoms with E-state index in [0.717, 1.165) is 24.1 Å². The molecule has 0 saturated carbocycles. The highest BCUT2D eigenvalue weighted by Crippen LogP contribution is 2.25. The number of carbonyl (C=O) groups is 1. The van der Waals surface area contributed by atoms with Crippen LogP contribution in [0.2, 0.25) is 0 Å². The normalized spacial score (nSPS) is 22.1. The van der Waals surface area contributed by atoms with Gasteiger partial charge in [-0.1, -0.05) is 12.1 Å². The molecule has 3 unspecified atom stereocenters. The molecule has 1 aromatic carbocycles. The molecule has 23 heavy (non-hydrogen) atoms. The number of hydrazine groups is 1. The van der Waals surface area contributed by atoms with Crippen LogP contribution < -0.4 is 20.9 Å². The fraction of sp³-hybridized carbons (Fsp3) is 0.611. The molecule has 3 atom stereocenters. The van der Waals surface area contributed by atoms with Crippen LogP contribution in [-0.2, 0) is 11.3 Å². The van der Waals surface area contributed by atoms with E-state index in [1.54, 1.807) is 0 Å². The first-order valence-corrected chi connectivity index (χ1v) is 8.38. The van der Waals surface area contributed by atoms with Crippen molar-refractivity contribution in [1.29, 1.82) is 0 Å². The second-order valence-corrected chi connectivity index (χ2v) is 6.79. The summed E-state index contributed by atoms with van der Waals surface area (Å²) in [6.45, 7) is 10.6. The Labute approximate surface area is 139 Å². The molecule has 0 aliphatic carbocycles. The van der Waals surface area contributed by atoms with Crippen molar-refractivity contribution in [1.82, 2.24) is 16.2 Å². The predicted molar refractivity (Wildman–Crippen MR) is 92.3 cm³/mol. The highest BCUT2D eigenvalue weighted by molar-refractivity contribution is 5.70. The van der Waals surface area contributed by atoms with Gasteiger partial charge >= 0.3 is 5.97 Å². The van der Waals surface area contributed by atoms with Crippen molar-refractivity contribution in [2.45, 2.75) is 72.1 Å². The highest BCUT2D eigenvalue weighted by atomic mass is 16.5. The van der Waals surface area contributed by atoms with Crippen molar-refractivity contribution < 1.29 is 9.53 Å². The minimum absolute atomic E-state index is 0.275. The van der Waals surface area contributed by atoms with Crippen molar-refractivity contribution in [3.63, 3.8) is 0 Å². The number of hydrogen-bond donors (Lipinski definition) is 3. The summed E-state index contributed by atoms with van der Waals surface area (Å²) in [5.41, 5.74) is 9.82. The molecule has 1 aromatic rings. The second-order valence-electron chi connectivity index (χ2n) is 6.79. The van der Waals surface area contributed by atoms with Gasteiger partial charge in [0.1, 0.15) is 5.75 Å². The first-order valence-electron chi connectivity index (χ1n) is 8.38. The number of rotatable bonds is 6. The summed E-state index contributed by atoms with van der Waals surface area (Å²) in [6, 6.07) is 5.69. The number of esters is 1. The zero-order valence-electron chi connectivity index (χ0n) is 14.8. The summed E-state index contributed by atoms with van der Waals surface area (Å²) in [6.07, 6.45) is 2.27. The van der Waals surface area contributed by atoms with E-state index in [2.05, 4.69) is 42.1 Å². The van der Waals surface area contributed by atoms with E-state index in [0.29, 0.717) is 23.9 Å². The molecular formula is C18H29N3O2. The van der Waals surface area contributed by atoms with Crippen LogP contribution in [0.25, 0.3) is 0 Å². The number of aryl methyl sites for hydroxylation is 2. The molecule has 3 N–H and O–H groups in total. The van der Waals surface area contributed by atoms with Crippen LogP contribution in [0, 0.1) is 13.8 Å². The molecule has 0 spiro atoms. The minimum atomic E-state index is -0.275. The molecule has 128 valence electrons. The molecule has 0 bridgehead atoms. The van der Waals surface area contributed by atoms with Gasteiger partial charge in [-0.15, -0.1) is 0 Å². The van der Waals surface area contributed by atoms with E-state index in [9.17, 15) is 4.79 Å². The molecular weight excluding hydrogens is 290 g/mol. The van der Waals surface area contributed by atoms with Crippen molar-refractivity contribution >= 4 is 5.97 Å². The Morgan fingerprint density at radius 3 is 2.52 bits per heavy atom. The minimum Gasteiger partial charge on any atom is -0.426 e. The maximum Gasteiger partial charge on any atom is 0.308 e. The summed E-state index contributed by atoms with van der Waals surface area (Å²) in [4.78, 5) is 11.2. The summed E-state index contributed by atoms with van der Waals surface area (Å²) in [5.74, 6) is 0.409. The van der Waals surface area contributed by atoms with Gasteiger partial charge in [0, 0.05) is 31.6 Å². The van der Waals surface area contributed by atoms with Gasteiger partial charge in [-0.3, -0.25) is 15.6 Å². The molecule has 1 fully saturated rings. The summed E-state index contributed by atoms with van der Waals surface area (Å²) in [5, 5.41) is 3.58. The molecule has 2 rings (SSSR count).